The van der Waals surface area contributed by atoms with E-state index in [-0.39, 0.29) is 16.9 Å². The lowest BCUT2D eigenvalue weighted by molar-refractivity contribution is -0.115. The summed E-state index contributed by atoms with van der Waals surface area (Å²) in [6, 6.07) is 14.8. The van der Waals surface area contributed by atoms with Crippen molar-refractivity contribution in [3.05, 3.63) is 59.7 Å². The number of amides is 1. The molecule has 25 heavy (non-hydrogen) atoms. The Hall–Kier alpha value is -2.27. The van der Waals surface area contributed by atoms with Crippen LogP contribution in [0, 0.1) is 6.92 Å². The molecule has 0 saturated heterocycles. The minimum absolute atomic E-state index is 0.00961. The van der Waals surface area contributed by atoms with Gasteiger partial charge in [0.25, 0.3) is 0 Å². The number of hydrogen-bond donors (Lipinski definition) is 1. The second-order valence-corrected chi connectivity index (χ2v) is 7.25. The summed E-state index contributed by atoms with van der Waals surface area (Å²) in [6.07, 6.45) is 0. The molecular formula is C20H23NO3S. The molecule has 0 heterocycles. The summed E-state index contributed by atoms with van der Waals surface area (Å²) in [6.45, 7) is 5.98. The third-order valence-corrected chi connectivity index (χ3v) is 4.79. The third-order valence-electron chi connectivity index (χ3n) is 3.67. The highest BCUT2D eigenvalue weighted by atomic mass is 32.2. The van der Waals surface area contributed by atoms with Gasteiger partial charge in [0.15, 0.2) is 5.78 Å². The van der Waals surface area contributed by atoms with Crippen molar-refractivity contribution in [3.63, 3.8) is 0 Å². The lowest BCUT2D eigenvalue weighted by atomic mass is 10.1. The molecule has 2 aromatic rings. The van der Waals surface area contributed by atoms with E-state index < -0.39 is 0 Å². The van der Waals surface area contributed by atoms with E-state index in [0.717, 1.165) is 11.5 Å². The summed E-state index contributed by atoms with van der Waals surface area (Å²) in [5.74, 6) is 1.52. The molecule has 0 spiro atoms. The van der Waals surface area contributed by atoms with E-state index in [1.165, 1.54) is 12.5 Å². The number of ether oxygens (including phenoxy) is 1. The standard InChI is InChI=1S/C20H23NO3S/c1-14-4-10-19(11-5-14)24-12-13-25-16(3)20(23)21-18-8-6-17(7-9-18)15(2)22/h4-11,16H,12-13H2,1-3H3,(H,21,23). The van der Waals surface area contributed by atoms with Gasteiger partial charge in [-0.1, -0.05) is 17.7 Å². The first-order chi connectivity index (χ1) is 12.0. The number of rotatable bonds is 8. The first-order valence-electron chi connectivity index (χ1n) is 8.18. The van der Waals surface area contributed by atoms with Gasteiger partial charge in [-0.15, -0.1) is 11.8 Å². The van der Waals surface area contributed by atoms with Crippen LogP contribution in [0.5, 0.6) is 5.75 Å². The van der Waals surface area contributed by atoms with E-state index in [1.54, 1.807) is 36.0 Å². The average molecular weight is 357 g/mol. The minimum Gasteiger partial charge on any atom is -0.493 e. The Morgan fingerprint density at radius 1 is 1.08 bits per heavy atom. The SMILES string of the molecule is CC(=O)c1ccc(NC(=O)C(C)SCCOc2ccc(C)cc2)cc1. The van der Waals surface area contributed by atoms with E-state index in [1.807, 2.05) is 38.1 Å². The number of benzene rings is 2. The van der Waals surface area contributed by atoms with Crippen molar-refractivity contribution in [2.45, 2.75) is 26.0 Å². The molecule has 4 nitrogen and oxygen atoms in total. The molecule has 132 valence electrons. The predicted molar refractivity (Wildman–Crippen MR) is 104 cm³/mol. The fourth-order valence-corrected chi connectivity index (χ4v) is 2.87. The number of anilines is 1. The molecule has 0 aliphatic rings. The maximum atomic E-state index is 12.2. The maximum Gasteiger partial charge on any atom is 0.237 e. The first-order valence-corrected chi connectivity index (χ1v) is 9.23. The normalized spacial score (nSPS) is 11.6. The Labute approximate surface area is 153 Å². The van der Waals surface area contributed by atoms with Crippen molar-refractivity contribution in [3.8, 4) is 5.75 Å². The topological polar surface area (TPSA) is 55.4 Å². The molecule has 1 unspecified atom stereocenters. The monoisotopic (exact) mass is 357 g/mol. The van der Waals surface area contributed by atoms with E-state index >= 15 is 0 Å². The molecule has 0 aliphatic heterocycles. The van der Waals surface area contributed by atoms with Crippen LogP contribution in [0.1, 0.15) is 29.8 Å². The maximum absolute atomic E-state index is 12.2. The molecule has 2 rings (SSSR count). The van der Waals surface area contributed by atoms with Gasteiger partial charge in [-0.05, 0) is 57.2 Å². The number of aryl methyl sites for hydroxylation is 1. The molecule has 0 radical (unpaired) electrons. The number of carbonyl (C=O) groups excluding carboxylic acids is 2. The fourth-order valence-electron chi connectivity index (χ4n) is 2.13. The van der Waals surface area contributed by atoms with E-state index in [9.17, 15) is 9.59 Å². The van der Waals surface area contributed by atoms with Crippen molar-refractivity contribution in [2.24, 2.45) is 0 Å². The summed E-state index contributed by atoms with van der Waals surface area (Å²) in [4.78, 5) is 23.4. The van der Waals surface area contributed by atoms with Gasteiger partial charge in [0.1, 0.15) is 5.75 Å². The number of ketones is 1. The van der Waals surface area contributed by atoms with Crippen LogP contribution in [0.15, 0.2) is 48.5 Å². The zero-order chi connectivity index (χ0) is 18.2. The van der Waals surface area contributed by atoms with Gasteiger partial charge in [-0.3, -0.25) is 9.59 Å². The summed E-state index contributed by atoms with van der Waals surface area (Å²) in [7, 11) is 0. The van der Waals surface area contributed by atoms with Gasteiger partial charge in [0.05, 0.1) is 11.9 Å². The van der Waals surface area contributed by atoms with Gasteiger partial charge in [0.2, 0.25) is 5.91 Å². The molecule has 0 saturated carbocycles. The quantitative estimate of drug-likeness (QED) is 0.564. The van der Waals surface area contributed by atoms with Crippen LogP contribution in [0.3, 0.4) is 0 Å². The Balaban J connectivity index is 1.72. The van der Waals surface area contributed by atoms with Gasteiger partial charge in [-0.25, -0.2) is 0 Å². The molecular weight excluding hydrogens is 334 g/mol. The van der Waals surface area contributed by atoms with Crippen molar-refractivity contribution in [1.29, 1.82) is 0 Å². The molecule has 1 atom stereocenters. The lowest BCUT2D eigenvalue weighted by Gasteiger charge is -2.13. The molecule has 0 fully saturated rings. The Kier molecular flexibility index (Phi) is 7.07. The molecule has 5 heteroatoms. The molecule has 2 aromatic carbocycles. The summed E-state index contributed by atoms with van der Waals surface area (Å²) in [5.41, 5.74) is 2.52. The predicted octanol–water partition coefficient (Wildman–Crippen LogP) is 4.34. The second kappa shape index (κ2) is 9.28. The molecule has 1 N–H and O–H groups in total. The number of nitrogens with one attached hydrogen (secondary N) is 1. The average Bonchev–Trinajstić information content (AvgIpc) is 2.60. The minimum atomic E-state index is -0.186. The Morgan fingerprint density at radius 3 is 2.32 bits per heavy atom. The molecule has 0 aliphatic carbocycles. The van der Waals surface area contributed by atoms with Gasteiger partial charge in [-0.2, -0.15) is 0 Å². The van der Waals surface area contributed by atoms with Gasteiger partial charge < -0.3 is 10.1 Å². The lowest BCUT2D eigenvalue weighted by Crippen LogP contribution is -2.23. The van der Waals surface area contributed by atoms with Crippen LogP contribution in [0.25, 0.3) is 0 Å². The van der Waals surface area contributed by atoms with Crippen molar-refractivity contribution < 1.29 is 14.3 Å². The Bertz CT molecular complexity index is 711. The first kappa shape index (κ1) is 19.1. The second-order valence-electron chi connectivity index (χ2n) is 5.80. The highest BCUT2D eigenvalue weighted by Crippen LogP contribution is 2.16. The number of hydrogen-bond acceptors (Lipinski definition) is 4. The number of thioether (sulfide) groups is 1. The highest BCUT2D eigenvalue weighted by molar-refractivity contribution is 8.00. The number of carbonyl (C=O) groups is 2. The summed E-state index contributed by atoms with van der Waals surface area (Å²) < 4.78 is 5.66. The van der Waals surface area contributed by atoms with E-state index in [4.69, 9.17) is 4.74 Å². The largest absolute Gasteiger partial charge is 0.493 e. The third kappa shape index (κ3) is 6.27. The molecule has 0 aromatic heterocycles. The van der Waals surface area contributed by atoms with Crippen LogP contribution < -0.4 is 10.1 Å². The van der Waals surface area contributed by atoms with Crippen LogP contribution in [-0.2, 0) is 4.79 Å². The van der Waals surface area contributed by atoms with Crippen molar-refractivity contribution in [1.82, 2.24) is 0 Å². The van der Waals surface area contributed by atoms with Gasteiger partial charge >= 0.3 is 0 Å². The van der Waals surface area contributed by atoms with Crippen molar-refractivity contribution in [2.75, 3.05) is 17.7 Å². The fraction of sp³-hybridized carbons (Fsp3) is 0.300. The number of Topliss-reactive ketones (excluding diaryl/α,β-unsaturated/α-hetero) is 1. The van der Waals surface area contributed by atoms with Crippen LogP contribution in [-0.4, -0.2) is 29.3 Å². The smallest absolute Gasteiger partial charge is 0.237 e. The van der Waals surface area contributed by atoms with Crippen LogP contribution in [0.2, 0.25) is 0 Å². The molecule has 0 bridgehead atoms. The van der Waals surface area contributed by atoms with Gasteiger partial charge in [0, 0.05) is 17.0 Å². The van der Waals surface area contributed by atoms with E-state index in [2.05, 4.69) is 5.32 Å². The van der Waals surface area contributed by atoms with Crippen molar-refractivity contribution >= 4 is 29.1 Å². The van der Waals surface area contributed by atoms with Crippen LogP contribution in [0.4, 0.5) is 5.69 Å². The highest BCUT2D eigenvalue weighted by Gasteiger charge is 2.13. The zero-order valence-electron chi connectivity index (χ0n) is 14.7. The summed E-state index contributed by atoms with van der Waals surface area (Å²) in [5, 5.41) is 2.67. The summed E-state index contributed by atoms with van der Waals surface area (Å²) >= 11 is 1.54. The van der Waals surface area contributed by atoms with E-state index in [0.29, 0.717) is 17.9 Å². The molecule has 1 amide bonds. The zero-order valence-corrected chi connectivity index (χ0v) is 15.6. The Morgan fingerprint density at radius 2 is 1.72 bits per heavy atom. The van der Waals surface area contributed by atoms with Crippen LogP contribution >= 0.6 is 11.8 Å².